The van der Waals surface area contributed by atoms with Crippen LogP contribution in [-0.4, -0.2) is 4.57 Å². The summed E-state index contributed by atoms with van der Waals surface area (Å²) in [6.45, 7) is 0. The molecular formula is C54H31F5N2O. The molecule has 0 saturated carbocycles. The maximum absolute atomic E-state index is 14.9. The van der Waals surface area contributed by atoms with E-state index in [1.807, 2.05) is 108 Å². The van der Waals surface area contributed by atoms with Gasteiger partial charge >= 0.3 is 0 Å². The summed E-state index contributed by atoms with van der Waals surface area (Å²) in [7, 11) is 0. The van der Waals surface area contributed by atoms with Gasteiger partial charge in [0.2, 0.25) is 5.82 Å². The molecule has 0 spiro atoms. The number of fused-ring (bicyclic) bond motifs is 6. The summed E-state index contributed by atoms with van der Waals surface area (Å²) in [4.78, 5) is 1.97. The van der Waals surface area contributed by atoms with E-state index in [1.54, 1.807) is 12.1 Å². The van der Waals surface area contributed by atoms with E-state index in [2.05, 4.69) is 65.2 Å². The van der Waals surface area contributed by atoms with E-state index in [0.29, 0.717) is 5.69 Å². The third-order valence-electron chi connectivity index (χ3n) is 11.6. The van der Waals surface area contributed by atoms with E-state index < -0.39 is 34.6 Å². The molecule has 0 aliphatic heterocycles. The molecule has 8 heteroatoms. The maximum Gasteiger partial charge on any atom is 0.200 e. The molecule has 0 aliphatic rings. The Bertz CT molecular complexity index is 3480. The number of halogens is 5. The fourth-order valence-corrected chi connectivity index (χ4v) is 8.60. The van der Waals surface area contributed by atoms with Crippen molar-refractivity contribution in [2.45, 2.75) is 0 Å². The van der Waals surface area contributed by atoms with E-state index in [-0.39, 0.29) is 5.56 Å². The molecule has 3 nitrogen and oxygen atoms in total. The van der Waals surface area contributed by atoms with Crippen LogP contribution in [0.25, 0.3) is 82.8 Å². The molecule has 298 valence electrons. The van der Waals surface area contributed by atoms with E-state index in [4.69, 9.17) is 4.42 Å². The number of anilines is 3. The lowest BCUT2D eigenvalue weighted by Crippen LogP contribution is -2.10. The Balaban J connectivity index is 0.982. The van der Waals surface area contributed by atoms with E-state index in [1.165, 1.54) is 12.1 Å². The highest BCUT2D eigenvalue weighted by molar-refractivity contribution is 6.10. The normalized spacial score (nSPS) is 11.6. The van der Waals surface area contributed by atoms with Gasteiger partial charge in [-0.1, -0.05) is 103 Å². The SMILES string of the molecule is Fc1c(F)c(F)c(-c2ccc(N(c3ccc(-c4ccc5c(c4)oc4ccccc45)cc3)c3ccc(-c4ccc5c(c4)c4ccccc4n5-c4ccccc4)cc3)cc2)c(F)c1F. The van der Waals surface area contributed by atoms with Gasteiger partial charge in [0.15, 0.2) is 23.3 Å². The molecule has 0 unspecified atom stereocenters. The van der Waals surface area contributed by atoms with Crippen LogP contribution >= 0.6 is 0 Å². The van der Waals surface area contributed by atoms with Crippen LogP contribution in [0.5, 0.6) is 0 Å². The van der Waals surface area contributed by atoms with E-state index in [9.17, 15) is 22.0 Å². The molecule has 0 amide bonds. The van der Waals surface area contributed by atoms with Gasteiger partial charge in [-0.25, -0.2) is 22.0 Å². The molecular weight excluding hydrogens is 788 g/mol. The number of hydrogen-bond acceptors (Lipinski definition) is 2. The van der Waals surface area contributed by atoms with Crippen molar-refractivity contribution in [2.24, 2.45) is 0 Å². The second kappa shape index (κ2) is 14.6. The van der Waals surface area contributed by atoms with Crippen molar-refractivity contribution in [1.29, 1.82) is 0 Å². The van der Waals surface area contributed by atoms with Crippen molar-refractivity contribution < 1.29 is 26.4 Å². The van der Waals surface area contributed by atoms with Crippen LogP contribution in [0.2, 0.25) is 0 Å². The summed E-state index contributed by atoms with van der Waals surface area (Å²) in [6.07, 6.45) is 0. The highest BCUT2D eigenvalue weighted by atomic mass is 19.2. The molecule has 11 rings (SSSR count). The number of benzene rings is 9. The Morgan fingerprint density at radius 3 is 1.45 bits per heavy atom. The van der Waals surface area contributed by atoms with Crippen molar-refractivity contribution in [2.75, 3.05) is 4.90 Å². The Morgan fingerprint density at radius 1 is 0.339 bits per heavy atom. The van der Waals surface area contributed by atoms with E-state index in [0.717, 1.165) is 83.1 Å². The second-order valence-corrected chi connectivity index (χ2v) is 15.2. The number of aromatic nitrogens is 1. The Labute approximate surface area is 351 Å². The van der Waals surface area contributed by atoms with Gasteiger partial charge in [0.05, 0.1) is 16.6 Å². The van der Waals surface area contributed by atoms with Gasteiger partial charge in [-0.05, 0) is 113 Å². The lowest BCUT2D eigenvalue weighted by molar-refractivity contribution is 0.381. The van der Waals surface area contributed by atoms with Crippen LogP contribution < -0.4 is 4.90 Å². The highest BCUT2D eigenvalue weighted by Crippen LogP contribution is 2.41. The van der Waals surface area contributed by atoms with Crippen LogP contribution in [0.15, 0.2) is 192 Å². The first-order valence-corrected chi connectivity index (χ1v) is 20.0. The zero-order chi connectivity index (χ0) is 42.1. The summed E-state index contributed by atoms with van der Waals surface area (Å²) in [5.74, 6) is -9.97. The first kappa shape index (κ1) is 37.1. The minimum absolute atomic E-state index is 0.155. The molecule has 0 atom stereocenters. The minimum atomic E-state index is -2.20. The number of rotatable bonds is 7. The average Bonchev–Trinajstić information content (AvgIpc) is 3.87. The third kappa shape index (κ3) is 6.02. The first-order chi connectivity index (χ1) is 30.3. The smallest absolute Gasteiger partial charge is 0.200 e. The largest absolute Gasteiger partial charge is 0.456 e. The summed E-state index contributed by atoms with van der Waals surface area (Å²) < 4.78 is 80.5. The molecule has 0 bridgehead atoms. The zero-order valence-corrected chi connectivity index (χ0v) is 32.6. The quantitative estimate of drug-likeness (QED) is 0.0907. The molecule has 9 aromatic carbocycles. The van der Waals surface area contributed by atoms with Crippen molar-refractivity contribution in [3.05, 3.63) is 217 Å². The fraction of sp³-hybridized carbons (Fsp3) is 0. The predicted molar refractivity (Wildman–Crippen MR) is 239 cm³/mol. The van der Waals surface area contributed by atoms with Gasteiger partial charge in [-0.15, -0.1) is 0 Å². The van der Waals surface area contributed by atoms with Gasteiger partial charge in [0.25, 0.3) is 0 Å². The minimum Gasteiger partial charge on any atom is -0.456 e. The maximum atomic E-state index is 14.9. The number of para-hydroxylation sites is 3. The summed E-state index contributed by atoms with van der Waals surface area (Å²) in [5, 5.41) is 4.35. The van der Waals surface area contributed by atoms with Gasteiger partial charge in [0, 0.05) is 44.3 Å². The molecule has 0 N–H and O–H groups in total. The topological polar surface area (TPSA) is 21.3 Å². The molecule has 0 aliphatic carbocycles. The van der Waals surface area contributed by atoms with Crippen LogP contribution in [0, 0.1) is 29.1 Å². The second-order valence-electron chi connectivity index (χ2n) is 15.2. The van der Waals surface area contributed by atoms with Crippen molar-refractivity contribution in [1.82, 2.24) is 4.57 Å². The van der Waals surface area contributed by atoms with Crippen LogP contribution in [-0.2, 0) is 0 Å². The molecule has 2 heterocycles. The third-order valence-corrected chi connectivity index (χ3v) is 11.6. The van der Waals surface area contributed by atoms with Gasteiger partial charge < -0.3 is 13.9 Å². The number of hydrogen-bond donors (Lipinski definition) is 0. The number of furan rings is 1. The average molecular weight is 819 g/mol. The standard InChI is InChI=1S/C54H31F5N2O/c55-50-49(51(56)53(58)54(59)52(50)57)34-18-26-40(27-19-34)60(39-24-16-33(17-25-39)36-20-28-43-42-11-5-7-13-47(42)62-48(43)31-36)38-22-14-32(15-23-38)35-21-29-46-44(30-35)41-10-4-6-12-45(41)61(46)37-8-2-1-3-9-37/h1-31H. The van der Waals surface area contributed by atoms with Crippen molar-refractivity contribution >= 4 is 60.8 Å². The van der Waals surface area contributed by atoms with Gasteiger partial charge in [-0.2, -0.15) is 0 Å². The molecule has 0 saturated heterocycles. The molecule has 0 radical (unpaired) electrons. The predicted octanol–water partition coefficient (Wildman–Crippen LogP) is 15.8. The highest BCUT2D eigenvalue weighted by Gasteiger charge is 2.27. The fourth-order valence-electron chi connectivity index (χ4n) is 8.60. The van der Waals surface area contributed by atoms with Crippen LogP contribution in [0.3, 0.4) is 0 Å². The summed E-state index contributed by atoms with van der Waals surface area (Å²) >= 11 is 0. The van der Waals surface area contributed by atoms with Crippen LogP contribution in [0.1, 0.15) is 0 Å². The Hall–Kier alpha value is -7.97. The van der Waals surface area contributed by atoms with Crippen molar-refractivity contribution in [3.8, 4) is 39.1 Å². The molecule has 11 aromatic rings. The Kier molecular flexibility index (Phi) is 8.75. The van der Waals surface area contributed by atoms with Crippen LogP contribution in [0.4, 0.5) is 39.0 Å². The zero-order valence-electron chi connectivity index (χ0n) is 32.6. The lowest BCUT2D eigenvalue weighted by Gasteiger charge is -2.26. The monoisotopic (exact) mass is 818 g/mol. The molecule has 2 aromatic heterocycles. The van der Waals surface area contributed by atoms with Gasteiger partial charge in [-0.3, -0.25) is 0 Å². The lowest BCUT2D eigenvalue weighted by atomic mass is 10.0. The molecule has 0 fully saturated rings. The first-order valence-electron chi connectivity index (χ1n) is 20.0. The van der Waals surface area contributed by atoms with Crippen molar-refractivity contribution in [3.63, 3.8) is 0 Å². The Morgan fingerprint density at radius 2 is 0.806 bits per heavy atom. The number of nitrogens with zero attached hydrogens (tertiary/aromatic N) is 2. The van der Waals surface area contributed by atoms with E-state index >= 15 is 0 Å². The van der Waals surface area contributed by atoms with Gasteiger partial charge in [0.1, 0.15) is 11.2 Å². The molecule has 62 heavy (non-hydrogen) atoms. The summed E-state index contributed by atoms with van der Waals surface area (Å²) in [5.41, 5.74) is 9.83. The summed E-state index contributed by atoms with van der Waals surface area (Å²) in [6, 6.07) is 61.1.